The van der Waals surface area contributed by atoms with Crippen molar-refractivity contribution >= 4 is 11.9 Å². The van der Waals surface area contributed by atoms with Gasteiger partial charge in [-0.25, -0.2) is 0 Å². The highest BCUT2D eigenvalue weighted by Crippen LogP contribution is 2.40. The first-order chi connectivity index (χ1) is 13.6. The summed E-state index contributed by atoms with van der Waals surface area (Å²) in [6.07, 6.45) is 5.76. The lowest BCUT2D eigenvalue weighted by Gasteiger charge is -2.15. The third kappa shape index (κ3) is 4.80. The van der Waals surface area contributed by atoms with Crippen LogP contribution in [0.3, 0.4) is 0 Å². The van der Waals surface area contributed by atoms with Crippen molar-refractivity contribution in [3.8, 4) is 0 Å². The average Bonchev–Trinajstić information content (AvgIpc) is 3.40. The molecule has 4 heteroatoms. The topological polar surface area (TPSA) is 74.6 Å². The summed E-state index contributed by atoms with van der Waals surface area (Å²) in [6, 6.07) is 20.0. The van der Waals surface area contributed by atoms with Gasteiger partial charge in [0.25, 0.3) is 0 Å². The van der Waals surface area contributed by atoms with Crippen molar-refractivity contribution in [3.05, 3.63) is 71.8 Å². The van der Waals surface area contributed by atoms with Crippen LogP contribution in [0.15, 0.2) is 60.7 Å². The van der Waals surface area contributed by atoms with Crippen LogP contribution in [0.5, 0.6) is 0 Å². The van der Waals surface area contributed by atoms with Crippen LogP contribution >= 0.6 is 0 Å². The molecular weight excluding hydrogens is 352 g/mol. The van der Waals surface area contributed by atoms with Crippen LogP contribution in [0.25, 0.3) is 0 Å². The van der Waals surface area contributed by atoms with Crippen molar-refractivity contribution in [2.75, 3.05) is 0 Å². The molecule has 4 nitrogen and oxygen atoms in total. The molecule has 4 atom stereocenters. The maximum atomic E-state index is 11.0. The molecule has 4 rings (SSSR count). The van der Waals surface area contributed by atoms with E-state index in [9.17, 15) is 9.59 Å². The van der Waals surface area contributed by atoms with Crippen molar-refractivity contribution in [1.29, 1.82) is 0 Å². The Morgan fingerprint density at radius 3 is 1.29 bits per heavy atom. The third-order valence-corrected chi connectivity index (χ3v) is 6.12. The van der Waals surface area contributed by atoms with E-state index in [2.05, 4.69) is 0 Å². The molecule has 0 saturated heterocycles. The van der Waals surface area contributed by atoms with E-state index in [4.69, 9.17) is 10.2 Å². The number of carboxylic acids is 2. The molecule has 0 bridgehead atoms. The van der Waals surface area contributed by atoms with E-state index in [1.165, 1.54) is 11.1 Å². The standard InChI is InChI=1S/2C12H14O2/c2*13-12(14)11-8-4-7-10(11)9-5-2-1-3-6-9/h2*1-3,5-6,10-11H,4,7-8H2,(H,13,14)/t2*10-,11+/m10/s1. The molecular formula is C24H28O4. The third-order valence-electron chi connectivity index (χ3n) is 6.12. The van der Waals surface area contributed by atoms with E-state index < -0.39 is 11.9 Å². The quantitative estimate of drug-likeness (QED) is 0.754. The Hall–Kier alpha value is -2.62. The Labute approximate surface area is 166 Å². The first-order valence-electron chi connectivity index (χ1n) is 10.1. The largest absolute Gasteiger partial charge is 0.481 e. The summed E-state index contributed by atoms with van der Waals surface area (Å²) in [4.78, 5) is 22.0. The molecule has 2 aliphatic rings. The van der Waals surface area contributed by atoms with E-state index in [-0.39, 0.29) is 23.7 Å². The highest BCUT2D eigenvalue weighted by atomic mass is 16.4. The summed E-state index contributed by atoms with van der Waals surface area (Å²) in [7, 11) is 0. The van der Waals surface area contributed by atoms with Gasteiger partial charge in [-0.1, -0.05) is 73.5 Å². The molecule has 0 unspecified atom stereocenters. The molecule has 148 valence electrons. The van der Waals surface area contributed by atoms with E-state index in [0.717, 1.165) is 38.5 Å². The van der Waals surface area contributed by atoms with E-state index in [1.807, 2.05) is 60.7 Å². The predicted molar refractivity (Wildman–Crippen MR) is 108 cm³/mol. The Morgan fingerprint density at radius 2 is 0.964 bits per heavy atom. The zero-order valence-corrected chi connectivity index (χ0v) is 16.0. The number of benzene rings is 2. The fraction of sp³-hybridized carbons (Fsp3) is 0.417. The minimum Gasteiger partial charge on any atom is -0.481 e. The molecule has 0 heterocycles. The second-order valence-corrected chi connectivity index (χ2v) is 7.79. The van der Waals surface area contributed by atoms with Gasteiger partial charge in [-0.2, -0.15) is 0 Å². The maximum Gasteiger partial charge on any atom is 0.307 e. The number of carbonyl (C=O) groups is 2. The van der Waals surface area contributed by atoms with Crippen LogP contribution in [-0.4, -0.2) is 22.2 Å². The zero-order chi connectivity index (χ0) is 19.9. The molecule has 0 aromatic heterocycles. The first kappa shape index (κ1) is 20.1. The number of rotatable bonds is 4. The lowest BCUT2D eigenvalue weighted by molar-refractivity contribution is -0.143. The average molecular weight is 380 g/mol. The molecule has 0 amide bonds. The minimum atomic E-state index is -0.642. The van der Waals surface area contributed by atoms with Gasteiger partial charge in [-0.3, -0.25) is 9.59 Å². The fourth-order valence-corrected chi connectivity index (χ4v) is 4.71. The maximum absolute atomic E-state index is 11.0. The SMILES string of the molecule is O=C(O)[C@@H]1CCC[C@H]1c1ccccc1.O=C(O)[C@H]1CCC[C@@H]1c1ccccc1. The second kappa shape index (κ2) is 9.54. The number of aliphatic carboxylic acids is 2. The number of hydrogen-bond donors (Lipinski definition) is 2. The van der Waals surface area contributed by atoms with Crippen LogP contribution < -0.4 is 0 Å². The summed E-state index contributed by atoms with van der Waals surface area (Å²) in [5.41, 5.74) is 2.36. The zero-order valence-electron chi connectivity index (χ0n) is 16.0. The second-order valence-electron chi connectivity index (χ2n) is 7.79. The number of hydrogen-bond acceptors (Lipinski definition) is 2. The van der Waals surface area contributed by atoms with E-state index in [0.29, 0.717) is 0 Å². The van der Waals surface area contributed by atoms with Gasteiger partial charge in [0.2, 0.25) is 0 Å². The van der Waals surface area contributed by atoms with Crippen molar-refractivity contribution < 1.29 is 19.8 Å². The van der Waals surface area contributed by atoms with Gasteiger partial charge in [0, 0.05) is 0 Å². The van der Waals surface area contributed by atoms with Crippen LogP contribution in [0.2, 0.25) is 0 Å². The Balaban J connectivity index is 0.000000161. The Kier molecular flexibility index (Phi) is 6.85. The summed E-state index contributed by atoms with van der Waals surface area (Å²) in [5.74, 6) is -1.16. The van der Waals surface area contributed by atoms with Gasteiger partial charge < -0.3 is 10.2 Å². The van der Waals surface area contributed by atoms with Gasteiger partial charge in [-0.05, 0) is 48.6 Å². The lowest BCUT2D eigenvalue weighted by Crippen LogP contribution is -2.16. The molecule has 2 aromatic rings. The van der Waals surface area contributed by atoms with Gasteiger partial charge in [-0.15, -0.1) is 0 Å². The van der Waals surface area contributed by atoms with Crippen LogP contribution in [0, 0.1) is 11.8 Å². The van der Waals surface area contributed by atoms with Crippen molar-refractivity contribution in [2.45, 2.75) is 50.4 Å². The van der Waals surface area contributed by atoms with Gasteiger partial charge in [0.05, 0.1) is 11.8 Å². The van der Waals surface area contributed by atoms with Crippen molar-refractivity contribution in [1.82, 2.24) is 0 Å². The van der Waals surface area contributed by atoms with Crippen LogP contribution in [0.1, 0.15) is 61.5 Å². The predicted octanol–water partition coefficient (Wildman–Crippen LogP) is 5.31. The molecule has 2 aromatic carbocycles. The molecule has 0 aliphatic heterocycles. The van der Waals surface area contributed by atoms with Crippen LogP contribution in [-0.2, 0) is 9.59 Å². The van der Waals surface area contributed by atoms with Crippen LogP contribution in [0.4, 0.5) is 0 Å². The molecule has 2 fully saturated rings. The Morgan fingerprint density at radius 1 is 0.607 bits per heavy atom. The lowest BCUT2D eigenvalue weighted by atomic mass is 9.89. The molecule has 2 aliphatic carbocycles. The van der Waals surface area contributed by atoms with Gasteiger partial charge in [0.15, 0.2) is 0 Å². The molecule has 2 saturated carbocycles. The van der Waals surface area contributed by atoms with Crippen molar-refractivity contribution in [2.24, 2.45) is 11.8 Å². The molecule has 0 spiro atoms. The minimum absolute atomic E-state index is 0.169. The summed E-state index contributed by atoms with van der Waals surface area (Å²) >= 11 is 0. The normalized spacial score (nSPS) is 26.3. The highest BCUT2D eigenvalue weighted by molar-refractivity contribution is 5.72. The first-order valence-corrected chi connectivity index (χ1v) is 10.1. The molecule has 0 radical (unpaired) electrons. The number of carboxylic acid groups (broad SMARTS) is 2. The van der Waals surface area contributed by atoms with E-state index in [1.54, 1.807) is 0 Å². The summed E-state index contributed by atoms with van der Waals surface area (Å²) in [6.45, 7) is 0. The molecule has 28 heavy (non-hydrogen) atoms. The smallest absolute Gasteiger partial charge is 0.307 e. The van der Waals surface area contributed by atoms with Crippen molar-refractivity contribution in [3.63, 3.8) is 0 Å². The summed E-state index contributed by atoms with van der Waals surface area (Å²) in [5, 5.41) is 18.1. The van der Waals surface area contributed by atoms with E-state index >= 15 is 0 Å². The Bertz CT molecular complexity index is 704. The molecule has 2 N–H and O–H groups in total. The van der Waals surface area contributed by atoms with Gasteiger partial charge in [0.1, 0.15) is 0 Å². The highest BCUT2D eigenvalue weighted by Gasteiger charge is 2.34. The fourth-order valence-electron chi connectivity index (χ4n) is 4.71. The summed E-state index contributed by atoms with van der Waals surface area (Å²) < 4.78 is 0. The van der Waals surface area contributed by atoms with Gasteiger partial charge >= 0.3 is 11.9 Å². The monoisotopic (exact) mass is 380 g/mol.